The highest BCUT2D eigenvalue weighted by molar-refractivity contribution is 6.91. The minimum Gasteiger partial charge on any atom is -0.179 e. The minimum absolute atomic E-state index is 0.684. The lowest BCUT2D eigenvalue weighted by atomic mass is 10.2. The summed E-state index contributed by atoms with van der Waals surface area (Å²) in [5.41, 5.74) is 5.41. The van der Waals surface area contributed by atoms with Gasteiger partial charge in [-0.1, -0.05) is 41.5 Å². The van der Waals surface area contributed by atoms with Gasteiger partial charge in [0.1, 0.15) is 8.07 Å². The third kappa shape index (κ3) is 2.40. The van der Waals surface area contributed by atoms with Crippen molar-refractivity contribution in [1.82, 2.24) is 0 Å². The van der Waals surface area contributed by atoms with Crippen molar-refractivity contribution in [3.8, 4) is 11.4 Å². The van der Waals surface area contributed by atoms with Gasteiger partial charge < -0.3 is 0 Å². The first-order valence-corrected chi connectivity index (χ1v) is 7.35. The molecule has 0 atom stereocenters. The van der Waals surface area contributed by atoms with Crippen LogP contribution < -0.4 is 0 Å². The average Bonchev–Trinajstić information content (AvgIpc) is 1.97. The van der Waals surface area contributed by atoms with E-state index >= 15 is 0 Å². The van der Waals surface area contributed by atoms with Crippen LogP contribution in [0.2, 0.25) is 16.6 Å². The molecule has 0 bridgehead atoms. The maximum Gasteiger partial charge on any atom is 0.187 e. The maximum absolute atomic E-state index is 5.40. The van der Waals surface area contributed by atoms with Gasteiger partial charge in [0.15, 0.2) is 7.85 Å². The van der Waals surface area contributed by atoms with Gasteiger partial charge in [-0.3, -0.25) is 0 Å². The van der Waals surface area contributed by atoms with Crippen molar-refractivity contribution in [2.24, 2.45) is 0 Å². The van der Waals surface area contributed by atoms with Crippen molar-refractivity contribution >= 4 is 15.9 Å². The van der Waals surface area contributed by atoms with Gasteiger partial charge >= 0.3 is 0 Å². The van der Waals surface area contributed by atoms with E-state index in [9.17, 15) is 0 Å². The highest BCUT2D eigenvalue weighted by Crippen LogP contribution is 2.40. The van der Waals surface area contributed by atoms with E-state index in [0.29, 0.717) is 16.6 Å². The quantitative estimate of drug-likeness (QED) is 0.475. The van der Waals surface area contributed by atoms with E-state index in [1.165, 1.54) is 0 Å². The Labute approximate surface area is 85.9 Å². The molecule has 0 aromatic carbocycles. The van der Waals surface area contributed by atoms with E-state index in [4.69, 9.17) is 7.85 Å². The summed E-state index contributed by atoms with van der Waals surface area (Å²) in [4.78, 5) is 0. The molecule has 0 N–H and O–H groups in total. The Balaban J connectivity index is 5.14. The summed E-state index contributed by atoms with van der Waals surface area (Å²) >= 11 is 0. The second-order valence-electron chi connectivity index (χ2n) is 4.67. The van der Waals surface area contributed by atoms with Crippen LogP contribution in [-0.2, 0) is 0 Å². The van der Waals surface area contributed by atoms with Crippen molar-refractivity contribution in [3.05, 3.63) is 0 Å². The van der Waals surface area contributed by atoms with Crippen molar-refractivity contribution < 1.29 is 0 Å². The van der Waals surface area contributed by atoms with Crippen LogP contribution in [0.25, 0.3) is 0 Å². The molecule has 0 aromatic heterocycles. The van der Waals surface area contributed by atoms with E-state index in [1.807, 2.05) is 0 Å². The molecular formula is C11H21BSi. The van der Waals surface area contributed by atoms with Crippen molar-refractivity contribution in [2.45, 2.75) is 58.2 Å². The summed E-state index contributed by atoms with van der Waals surface area (Å²) in [7, 11) is 3.89. The lowest BCUT2D eigenvalue weighted by molar-refractivity contribution is 0.838. The van der Waals surface area contributed by atoms with Crippen LogP contribution in [0.3, 0.4) is 0 Å². The molecule has 0 nitrogen and oxygen atoms in total. The second-order valence-corrected chi connectivity index (χ2v) is 10.2. The number of hydrogen-bond acceptors (Lipinski definition) is 0. The van der Waals surface area contributed by atoms with Gasteiger partial charge in [-0.05, 0) is 16.6 Å². The smallest absolute Gasteiger partial charge is 0.179 e. The van der Waals surface area contributed by atoms with Crippen LogP contribution in [0.5, 0.6) is 0 Å². The molecule has 0 fully saturated rings. The summed E-state index contributed by atoms with van der Waals surface area (Å²) in [5, 5.41) is 0. The van der Waals surface area contributed by atoms with Gasteiger partial charge in [0, 0.05) is 0 Å². The third-order valence-corrected chi connectivity index (χ3v) is 9.46. The first kappa shape index (κ1) is 12.8. The number of rotatable bonds is 3. The Bertz CT molecular complexity index is 186. The molecule has 2 radical (unpaired) electrons. The molecule has 0 saturated heterocycles. The molecule has 0 rings (SSSR count). The molecule has 0 aliphatic carbocycles. The zero-order chi connectivity index (χ0) is 10.6. The summed E-state index contributed by atoms with van der Waals surface area (Å²) in [6.45, 7) is 13.7. The van der Waals surface area contributed by atoms with E-state index in [0.717, 1.165) is 0 Å². The van der Waals surface area contributed by atoms with Crippen LogP contribution in [0, 0.1) is 11.4 Å². The fraction of sp³-hybridized carbons (Fsp3) is 0.818. The molecule has 0 spiro atoms. The molecule has 0 aromatic rings. The highest BCUT2D eigenvalue weighted by atomic mass is 28.3. The first-order valence-electron chi connectivity index (χ1n) is 5.12. The fourth-order valence-electron chi connectivity index (χ4n) is 2.56. The summed E-state index contributed by atoms with van der Waals surface area (Å²) in [6, 6.07) is 0. The van der Waals surface area contributed by atoms with E-state index in [2.05, 4.69) is 52.9 Å². The summed E-state index contributed by atoms with van der Waals surface area (Å²) < 4.78 is 0. The zero-order valence-corrected chi connectivity index (χ0v) is 10.8. The second kappa shape index (κ2) is 4.91. The monoisotopic (exact) mass is 192 g/mol. The van der Waals surface area contributed by atoms with Gasteiger partial charge in [-0.2, -0.15) is 5.82 Å². The standard InChI is InChI=1S/C11H21BSi/c1-9(2)13(8-7-12,10(3)4)11(5)6/h9-11H,1-6H3. The molecule has 0 aliphatic heterocycles. The highest BCUT2D eigenvalue weighted by Gasteiger charge is 2.41. The molecule has 0 amide bonds. The lowest BCUT2D eigenvalue weighted by Gasteiger charge is -2.38. The topological polar surface area (TPSA) is 0 Å². The fourth-order valence-corrected chi connectivity index (χ4v) is 7.67. The largest absolute Gasteiger partial charge is 0.187 e. The summed E-state index contributed by atoms with van der Waals surface area (Å²) in [5.74, 6) is 2.66. The van der Waals surface area contributed by atoms with E-state index in [1.54, 1.807) is 0 Å². The zero-order valence-electron chi connectivity index (χ0n) is 9.81. The first-order chi connectivity index (χ1) is 5.89. The molecule has 2 heteroatoms. The molecule has 0 saturated carbocycles. The normalized spacial score (nSPS) is 12.1. The van der Waals surface area contributed by atoms with Crippen molar-refractivity contribution in [2.75, 3.05) is 0 Å². The molecule has 0 aliphatic rings. The van der Waals surface area contributed by atoms with Crippen LogP contribution in [-0.4, -0.2) is 15.9 Å². The Hall–Kier alpha value is -0.158. The van der Waals surface area contributed by atoms with Crippen LogP contribution in [0.15, 0.2) is 0 Å². The van der Waals surface area contributed by atoms with Gasteiger partial charge in [-0.25, -0.2) is 0 Å². The van der Waals surface area contributed by atoms with Gasteiger partial charge in [-0.15, -0.1) is 5.54 Å². The van der Waals surface area contributed by atoms with Crippen LogP contribution >= 0.6 is 0 Å². The molecule has 0 heterocycles. The minimum atomic E-state index is -1.51. The predicted molar refractivity (Wildman–Crippen MR) is 64.6 cm³/mol. The Morgan fingerprint density at radius 3 is 1.23 bits per heavy atom. The Morgan fingerprint density at radius 1 is 0.846 bits per heavy atom. The van der Waals surface area contributed by atoms with Crippen molar-refractivity contribution in [1.29, 1.82) is 0 Å². The van der Waals surface area contributed by atoms with Crippen LogP contribution in [0.1, 0.15) is 41.5 Å². The SMILES string of the molecule is [B]C#C[Si](C(C)C)(C(C)C)C(C)C. The number of hydrogen-bond donors (Lipinski definition) is 0. The molecular weight excluding hydrogens is 171 g/mol. The average molecular weight is 192 g/mol. The van der Waals surface area contributed by atoms with E-state index < -0.39 is 8.07 Å². The van der Waals surface area contributed by atoms with Gasteiger partial charge in [0.2, 0.25) is 0 Å². The van der Waals surface area contributed by atoms with Gasteiger partial charge in [0.25, 0.3) is 0 Å². The lowest BCUT2D eigenvalue weighted by Crippen LogP contribution is -2.43. The van der Waals surface area contributed by atoms with Crippen LogP contribution in [0.4, 0.5) is 0 Å². The Kier molecular flexibility index (Phi) is 4.85. The molecule has 72 valence electrons. The Morgan fingerprint density at radius 2 is 1.15 bits per heavy atom. The third-order valence-electron chi connectivity index (χ3n) is 3.15. The van der Waals surface area contributed by atoms with Gasteiger partial charge in [0.05, 0.1) is 0 Å². The van der Waals surface area contributed by atoms with Crippen molar-refractivity contribution in [3.63, 3.8) is 0 Å². The summed E-state index contributed by atoms with van der Waals surface area (Å²) in [6.07, 6.45) is 0. The molecule has 13 heavy (non-hydrogen) atoms. The molecule has 0 unspecified atom stereocenters. The van der Waals surface area contributed by atoms with E-state index in [-0.39, 0.29) is 0 Å². The predicted octanol–water partition coefficient (Wildman–Crippen LogP) is 3.33. The maximum atomic E-state index is 5.40.